The van der Waals surface area contributed by atoms with Crippen molar-refractivity contribution in [1.29, 1.82) is 0 Å². The van der Waals surface area contributed by atoms with Gasteiger partial charge in [-0.1, -0.05) is 54.6 Å². The van der Waals surface area contributed by atoms with Crippen LogP contribution >= 0.6 is 0 Å². The number of H-pyrrole nitrogens is 1. The molecule has 6 rings (SSSR count). The molecule has 0 atom stereocenters. The maximum absolute atomic E-state index is 13.3. The monoisotopic (exact) mass is 475 g/mol. The number of hydrogen-bond acceptors (Lipinski definition) is 3. The summed E-state index contributed by atoms with van der Waals surface area (Å²) in [4.78, 5) is 16.5. The number of nitrogens with zero attached hydrogens (tertiary/aromatic N) is 1. The molecule has 0 amide bonds. The van der Waals surface area contributed by atoms with Crippen LogP contribution < -0.4 is 4.74 Å². The third-order valence-corrected chi connectivity index (χ3v) is 7.23. The van der Waals surface area contributed by atoms with Gasteiger partial charge in [-0.15, -0.1) is 0 Å². The summed E-state index contributed by atoms with van der Waals surface area (Å²) in [6, 6.07) is 25.8. The Hall–Kier alpha value is -4.38. The van der Waals surface area contributed by atoms with Gasteiger partial charge in [0.2, 0.25) is 11.5 Å². The van der Waals surface area contributed by atoms with Gasteiger partial charge in [0.15, 0.2) is 12.3 Å². The maximum atomic E-state index is 13.3. The van der Waals surface area contributed by atoms with Crippen molar-refractivity contribution >= 4 is 33.7 Å². The van der Waals surface area contributed by atoms with Gasteiger partial charge in [-0.05, 0) is 32.0 Å². The van der Waals surface area contributed by atoms with Crippen molar-refractivity contribution in [3.8, 4) is 5.75 Å². The number of nitrogens with one attached hydrogen (secondary N) is 1. The number of para-hydroxylation sites is 3. The number of carbonyl (C=O) groups is 1. The van der Waals surface area contributed by atoms with Crippen molar-refractivity contribution in [3.63, 3.8) is 0 Å². The van der Waals surface area contributed by atoms with Gasteiger partial charge in [-0.25, -0.2) is 0 Å². The summed E-state index contributed by atoms with van der Waals surface area (Å²) in [7, 11) is 0. The topological polar surface area (TPSA) is 65.3 Å². The van der Waals surface area contributed by atoms with Crippen molar-refractivity contribution < 1.29 is 19.2 Å². The number of benzene rings is 3. The minimum absolute atomic E-state index is 0.0458. The first-order valence-electron chi connectivity index (χ1n) is 12.2. The van der Waals surface area contributed by atoms with Gasteiger partial charge in [0.25, 0.3) is 0 Å². The molecule has 0 fully saturated rings. The Kier molecular flexibility index (Phi) is 5.15. The SMILES string of the molecule is CC1(C)C(/C=C2/C(=O)C(c3c[nH]c4ccccc34)=C2O)=[N+](CCOc2ccccc2)c2ccccc21. The lowest BCUT2D eigenvalue weighted by molar-refractivity contribution is -0.439. The van der Waals surface area contributed by atoms with Gasteiger partial charge in [0.1, 0.15) is 18.1 Å². The summed E-state index contributed by atoms with van der Waals surface area (Å²) < 4.78 is 8.19. The second kappa shape index (κ2) is 8.38. The molecule has 0 saturated carbocycles. The van der Waals surface area contributed by atoms with E-state index in [1.807, 2.05) is 72.8 Å². The molecule has 0 bridgehead atoms. The number of rotatable bonds is 6. The number of aromatic nitrogens is 1. The number of Topliss-reactive ketones (excluding diaryl/α,β-unsaturated/α-hetero) is 1. The van der Waals surface area contributed by atoms with Crippen molar-refractivity contribution in [3.05, 3.63) is 114 Å². The summed E-state index contributed by atoms with van der Waals surface area (Å²) >= 11 is 0. The fourth-order valence-corrected chi connectivity index (χ4v) is 5.33. The molecule has 5 nitrogen and oxygen atoms in total. The summed E-state index contributed by atoms with van der Waals surface area (Å²) in [5, 5.41) is 12.0. The average Bonchev–Trinajstić information content (AvgIpc) is 3.40. The molecular formula is C31H27N2O3+. The van der Waals surface area contributed by atoms with Crippen molar-refractivity contribution in [1.82, 2.24) is 4.98 Å². The second-order valence-corrected chi connectivity index (χ2v) is 9.70. The number of ether oxygens (including phenoxy) is 1. The molecule has 1 aliphatic carbocycles. The Morgan fingerprint density at radius 3 is 2.50 bits per heavy atom. The Morgan fingerprint density at radius 1 is 0.972 bits per heavy atom. The first-order valence-corrected chi connectivity index (χ1v) is 12.2. The number of aromatic amines is 1. The summed E-state index contributed by atoms with van der Waals surface area (Å²) in [6.45, 7) is 5.40. The molecule has 2 heterocycles. The molecule has 0 radical (unpaired) electrons. The maximum Gasteiger partial charge on any atom is 0.209 e. The lowest BCUT2D eigenvalue weighted by atomic mass is 9.77. The zero-order chi connectivity index (χ0) is 24.9. The number of aliphatic hydroxyl groups is 1. The molecule has 0 unspecified atom stereocenters. The zero-order valence-electron chi connectivity index (χ0n) is 20.3. The second-order valence-electron chi connectivity index (χ2n) is 9.70. The number of carbonyl (C=O) groups excluding carboxylic acids is 1. The third-order valence-electron chi connectivity index (χ3n) is 7.23. The molecule has 178 valence electrons. The highest BCUT2D eigenvalue weighted by atomic mass is 16.5. The molecule has 2 aliphatic rings. The number of aliphatic hydroxyl groups excluding tert-OH is 1. The molecule has 2 N–H and O–H groups in total. The molecule has 5 heteroatoms. The Morgan fingerprint density at radius 2 is 1.69 bits per heavy atom. The van der Waals surface area contributed by atoms with Crippen LogP contribution in [0.2, 0.25) is 0 Å². The van der Waals surface area contributed by atoms with Gasteiger partial charge in [0, 0.05) is 40.4 Å². The van der Waals surface area contributed by atoms with Crippen LogP contribution in [0.1, 0.15) is 25.0 Å². The highest BCUT2D eigenvalue weighted by Crippen LogP contribution is 2.43. The smallest absolute Gasteiger partial charge is 0.209 e. The van der Waals surface area contributed by atoms with E-state index in [0.29, 0.717) is 24.3 Å². The van der Waals surface area contributed by atoms with Crippen LogP contribution in [0.3, 0.4) is 0 Å². The van der Waals surface area contributed by atoms with Crippen LogP contribution in [0.4, 0.5) is 5.69 Å². The van der Waals surface area contributed by atoms with E-state index in [0.717, 1.165) is 33.6 Å². The fraction of sp³-hybridized carbons (Fsp3) is 0.161. The van der Waals surface area contributed by atoms with E-state index in [9.17, 15) is 9.90 Å². The molecule has 1 aromatic heterocycles. The van der Waals surface area contributed by atoms with E-state index in [2.05, 4.69) is 35.5 Å². The number of ketones is 1. The largest absolute Gasteiger partial charge is 0.506 e. The zero-order valence-corrected chi connectivity index (χ0v) is 20.3. The van der Waals surface area contributed by atoms with Crippen LogP contribution in [0.25, 0.3) is 16.5 Å². The molecule has 4 aromatic rings. The van der Waals surface area contributed by atoms with Crippen LogP contribution in [0, 0.1) is 0 Å². The third kappa shape index (κ3) is 3.39. The highest BCUT2D eigenvalue weighted by molar-refractivity contribution is 6.41. The van der Waals surface area contributed by atoms with E-state index in [4.69, 9.17) is 4.74 Å². The van der Waals surface area contributed by atoms with Gasteiger partial charge in [0.05, 0.1) is 16.6 Å². The van der Waals surface area contributed by atoms with E-state index < -0.39 is 0 Å². The van der Waals surface area contributed by atoms with Gasteiger partial charge < -0.3 is 14.8 Å². The van der Waals surface area contributed by atoms with E-state index in [1.54, 1.807) is 6.20 Å². The quantitative estimate of drug-likeness (QED) is 0.262. The van der Waals surface area contributed by atoms with Crippen molar-refractivity contribution in [2.24, 2.45) is 0 Å². The van der Waals surface area contributed by atoms with Gasteiger partial charge in [-0.2, -0.15) is 4.58 Å². The number of hydrogen-bond donors (Lipinski definition) is 2. The normalized spacial score (nSPS) is 17.6. The minimum atomic E-state index is -0.340. The highest BCUT2D eigenvalue weighted by Gasteiger charge is 2.46. The molecule has 1 aliphatic heterocycles. The molecular weight excluding hydrogens is 448 g/mol. The minimum Gasteiger partial charge on any atom is -0.506 e. The van der Waals surface area contributed by atoms with Crippen LogP contribution in [0.15, 0.2) is 102 Å². The molecule has 0 spiro atoms. The van der Waals surface area contributed by atoms with Crippen molar-refractivity contribution in [2.75, 3.05) is 13.2 Å². The molecule has 0 saturated heterocycles. The Balaban J connectivity index is 1.39. The van der Waals surface area contributed by atoms with E-state index >= 15 is 0 Å². The standard InChI is InChI=1S/C31H26N2O3/c1-31(2)24-13-7-9-15-26(24)33(16-17-36-20-10-4-3-5-11-20)27(31)18-22-29(34)28(30(22)35)23-19-32-25-14-8-6-12-21(23)25/h3-15,18-19H,16-17H2,1-2H3,(H,34,35)/p+1. The number of fused-ring (bicyclic) bond motifs is 2. The van der Waals surface area contributed by atoms with Gasteiger partial charge >= 0.3 is 0 Å². The van der Waals surface area contributed by atoms with Crippen LogP contribution in [-0.2, 0) is 10.2 Å². The number of allylic oxidation sites excluding steroid dienone is 3. The van der Waals surface area contributed by atoms with E-state index in [-0.39, 0.29) is 17.0 Å². The van der Waals surface area contributed by atoms with Crippen LogP contribution in [0.5, 0.6) is 5.75 Å². The summed E-state index contributed by atoms with van der Waals surface area (Å²) in [6.07, 6.45) is 3.65. The van der Waals surface area contributed by atoms with Gasteiger partial charge in [-0.3, -0.25) is 4.79 Å². The average molecular weight is 476 g/mol. The first-order chi connectivity index (χ1) is 17.5. The predicted octanol–water partition coefficient (Wildman–Crippen LogP) is 6.10. The van der Waals surface area contributed by atoms with E-state index in [1.165, 1.54) is 5.56 Å². The Labute approximate surface area is 209 Å². The van der Waals surface area contributed by atoms with Crippen molar-refractivity contribution in [2.45, 2.75) is 19.3 Å². The predicted molar refractivity (Wildman–Crippen MR) is 142 cm³/mol. The summed E-state index contributed by atoms with van der Waals surface area (Å²) in [5.74, 6) is 0.726. The first kappa shape index (κ1) is 22.1. The summed E-state index contributed by atoms with van der Waals surface area (Å²) in [5.41, 5.74) is 5.29. The fourth-order valence-electron chi connectivity index (χ4n) is 5.33. The lowest BCUT2D eigenvalue weighted by Crippen LogP contribution is -2.31. The molecule has 3 aromatic carbocycles. The van der Waals surface area contributed by atoms with Crippen LogP contribution in [-0.4, -0.2) is 39.3 Å². The lowest BCUT2D eigenvalue weighted by Gasteiger charge is -2.22. The molecule has 36 heavy (non-hydrogen) atoms. The Bertz CT molecular complexity index is 1600.